The molecule has 0 spiro atoms. The van der Waals surface area contributed by atoms with Crippen molar-refractivity contribution >= 4 is 27.9 Å². The van der Waals surface area contributed by atoms with Crippen LogP contribution >= 0.6 is 21.6 Å². The van der Waals surface area contributed by atoms with Crippen LogP contribution in [-0.4, -0.2) is 12.0 Å². The van der Waals surface area contributed by atoms with Crippen LogP contribution in [0.4, 0.5) is 0 Å². The van der Waals surface area contributed by atoms with Crippen molar-refractivity contribution in [3.05, 3.63) is 35.9 Å². The first-order valence-electron chi connectivity index (χ1n) is 4.15. The summed E-state index contributed by atoms with van der Waals surface area (Å²) in [5, 5.41) is 0. The molecule has 0 atom stereocenters. The summed E-state index contributed by atoms with van der Waals surface area (Å²) in [6.07, 6.45) is 1.63. The second-order valence-electron chi connectivity index (χ2n) is 2.53. The minimum Gasteiger partial charge on any atom is -0.303 e. The molecule has 0 bridgehead atoms. The highest BCUT2D eigenvalue weighted by molar-refractivity contribution is 8.76. The van der Waals surface area contributed by atoms with Crippen LogP contribution in [0.25, 0.3) is 0 Å². The van der Waals surface area contributed by atoms with Crippen LogP contribution in [0.5, 0.6) is 0 Å². The zero-order valence-corrected chi connectivity index (χ0v) is 8.94. The van der Waals surface area contributed by atoms with E-state index >= 15 is 0 Å². The number of hydrogen-bond acceptors (Lipinski definition) is 3. The lowest BCUT2D eigenvalue weighted by molar-refractivity contribution is -0.107. The summed E-state index contributed by atoms with van der Waals surface area (Å²) < 4.78 is 0. The number of rotatable bonds is 6. The summed E-state index contributed by atoms with van der Waals surface area (Å²) in [7, 11) is 3.56. The Bertz CT molecular complexity index is 236. The predicted molar refractivity (Wildman–Crippen MR) is 60.9 cm³/mol. The van der Waals surface area contributed by atoms with Gasteiger partial charge in [0, 0.05) is 17.9 Å². The molecule has 0 unspecified atom stereocenters. The van der Waals surface area contributed by atoms with E-state index < -0.39 is 0 Å². The van der Waals surface area contributed by atoms with Crippen LogP contribution in [0.1, 0.15) is 12.0 Å². The summed E-state index contributed by atoms with van der Waals surface area (Å²) in [6.45, 7) is 0. The van der Waals surface area contributed by atoms with Crippen molar-refractivity contribution < 1.29 is 4.79 Å². The third-order valence-corrected chi connectivity index (χ3v) is 3.84. The Morgan fingerprint density at radius 3 is 2.62 bits per heavy atom. The van der Waals surface area contributed by atoms with Crippen molar-refractivity contribution in [2.45, 2.75) is 12.2 Å². The molecule has 0 aliphatic heterocycles. The molecular formula is C10H12OS2. The van der Waals surface area contributed by atoms with Gasteiger partial charge in [-0.05, 0) is 5.56 Å². The molecule has 1 aromatic carbocycles. The highest BCUT2D eigenvalue weighted by Crippen LogP contribution is 2.25. The van der Waals surface area contributed by atoms with Crippen molar-refractivity contribution in [2.75, 3.05) is 5.75 Å². The van der Waals surface area contributed by atoms with Crippen LogP contribution in [0.15, 0.2) is 30.3 Å². The highest BCUT2D eigenvalue weighted by atomic mass is 33.1. The SMILES string of the molecule is O=CCCSSCc1ccccc1. The summed E-state index contributed by atoms with van der Waals surface area (Å²) >= 11 is 0. The van der Waals surface area contributed by atoms with Gasteiger partial charge < -0.3 is 4.79 Å². The summed E-state index contributed by atoms with van der Waals surface area (Å²) in [5.74, 6) is 1.94. The number of hydrogen-bond donors (Lipinski definition) is 0. The van der Waals surface area contributed by atoms with Crippen molar-refractivity contribution in [3.8, 4) is 0 Å². The van der Waals surface area contributed by atoms with Gasteiger partial charge >= 0.3 is 0 Å². The van der Waals surface area contributed by atoms with Crippen LogP contribution in [-0.2, 0) is 10.5 Å². The molecule has 0 aliphatic rings. The Hall–Kier alpha value is -0.410. The molecule has 1 nitrogen and oxygen atoms in total. The Kier molecular flexibility index (Phi) is 5.78. The molecule has 0 radical (unpaired) electrons. The van der Waals surface area contributed by atoms with Crippen LogP contribution in [0, 0.1) is 0 Å². The Morgan fingerprint density at radius 2 is 1.92 bits per heavy atom. The van der Waals surface area contributed by atoms with Gasteiger partial charge in [0.2, 0.25) is 0 Å². The average Bonchev–Trinajstić information content (AvgIpc) is 2.19. The third-order valence-electron chi connectivity index (χ3n) is 1.47. The maximum Gasteiger partial charge on any atom is 0.120 e. The molecule has 0 saturated heterocycles. The zero-order chi connectivity index (χ0) is 9.36. The van der Waals surface area contributed by atoms with E-state index in [-0.39, 0.29) is 0 Å². The van der Waals surface area contributed by atoms with E-state index in [4.69, 9.17) is 0 Å². The quantitative estimate of drug-likeness (QED) is 0.409. The molecule has 13 heavy (non-hydrogen) atoms. The molecule has 3 heteroatoms. The first-order chi connectivity index (χ1) is 6.43. The molecule has 0 N–H and O–H groups in total. The van der Waals surface area contributed by atoms with Crippen molar-refractivity contribution in [3.63, 3.8) is 0 Å². The fraction of sp³-hybridized carbons (Fsp3) is 0.300. The first-order valence-corrected chi connectivity index (χ1v) is 6.64. The smallest absolute Gasteiger partial charge is 0.120 e. The minimum atomic E-state index is 0.659. The van der Waals surface area contributed by atoms with E-state index in [1.165, 1.54) is 5.56 Å². The minimum absolute atomic E-state index is 0.659. The number of carbonyl (C=O) groups excluding carboxylic acids is 1. The van der Waals surface area contributed by atoms with Crippen LogP contribution in [0.3, 0.4) is 0 Å². The third kappa shape index (κ3) is 5.01. The normalized spacial score (nSPS) is 9.85. The van der Waals surface area contributed by atoms with Gasteiger partial charge in [0.1, 0.15) is 6.29 Å². The van der Waals surface area contributed by atoms with Gasteiger partial charge in [-0.3, -0.25) is 0 Å². The van der Waals surface area contributed by atoms with E-state index in [9.17, 15) is 4.79 Å². The average molecular weight is 212 g/mol. The second kappa shape index (κ2) is 7.04. The van der Waals surface area contributed by atoms with Crippen molar-refractivity contribution in [1.29, 1.82) is 0 Å². The van der Waals surface area contributed by atoms with Gasteiger partial charge in [-0.15, -0.1) is 0 Å². The molecule has 0 heterocycles. The van der Waals surface area contributed by atoms with Crippen molar-refractivity contribution in [1.82, 2.24) is 0 Å². The van der Waals surface area contributed by atoms with E-state index in [1.807, 2.05) is 18.2 Å². The Morgan fingerprint density at radius 1 is 1.15 bits per heavy atom. The lowest BCUT2D eigenvalue weighted by Gasteiger charge is -1.98. The second-order valence-corrected chi connectivity index (χ2v) is 5.11. The van der Waals surface area contributed by atoms with Crippen molar-refractivity contribution in [2.24, 2.45) is 0 Å². The molecule has 0 aliphatic carbocycles. The van der Waals surface area contributed by atoms with Gasteiger partial charge in [0.15, 0.2) is 0 Å². The van der Waals surface area contributed by atoms with E-state index in [2.05, 4.69) is 12.1 Å². The van der Waals surface area contributed by atoms with E-state index in [0.717, 1.165) is 17.8 Å². The van der Waals surface area contributed by atoms with E-state index in [1.54, 1.807) is 21.6 Å². The molecule has 0 amide bonds. The van der Waals surface area contributed by atoms with Gasteiger partial charge in [-0.2, -0.15) is 0 Å². The topological polar surface area (TPSA) is 17.1 Å². The lowest BCUT2D eigenvalue weighted by atomic mass is 10.2. The fourth-order valence-corrected chi connectivity index (χ4v) is 2.86. The Balaban J connectivity index is 2.10. The monoisotopic (exact) mass is 212 g/mol. The van der Waals surface area contributed by atoms with Gasteiger partial charge in [-0.25, -0.2) is 0 Å². The maximum atomic E-state index is 10.0. The summed E-state index contributed by atoms with van der Waals surface area (Å²) in [4.78, 5) is 10.0. The predicted octanol–water partition coefficient (Wildman–Crippen LogP) is 3.16. The standard InChI is InChI=1S/C10H12OS2/c11-7-4-8-12-13-9-10-5-2-1-3-6-10/h1-3,5-7H,4,8-9H2. The van der Waals surface area contributed by atoms with E-state index in [0.29, 0.717) is 6.42 Å². The molecule has 1 aromatic rings. The number of benzene rings is 1. The maximum absolute atomic E-state index is 10.0. The van der Waals surface area contributed by atoms with Gasteiger partial charge in [0.25, 0.3) is 0 Å². The Labute approximate surface area is 86.7 Å². The molecule has 1 rings (SSSR count). The highest BCUT2D eigenvalue weighted by Gasteiger charge is 1.92. The molecule has 0 fully saturated rings. The molecule has 0 saturated carbocycles. The molecule has 70 valence electrons. The zero-order valence-electron chi connectivity index (χ0n) is 7.31. The largest absolute Gasteiger partial charge is 0.303 e. The number of carbonyl (C=O) groups is 1. The first kappa shape index (κ1) is 10.7. The number of aldehydes is 1. The van der Waals surface area contributed by atoms with Crippen LogP contribution < -0.4 is 0 Å². The van der Waals surface area contributed by atoms with Gasteiger partial charge in [-0.1, -0.05) is 51.9 Å². The fourth-order valence-electron chi connectivity index (χ4n) is 0.839. The summed E-state index contributed by atoms with van der Waals surface area (Å²) in [5.41, 5.74) is 1.34. The van der Waals surface area contributed by atoms with Crippen LogP contribution in [0.2, 0.25) is 0 Å². The van der Waals surface area contributed by atoms with Gasteiger partial charge in [0.05, 0.1) is 0 Å². The summed E-state index contributed by atoms with van der Waals surface area (Å²) in [6, 6.07) is 10.4. The molecule has 0 aromatic heterocycles. The lowest BCUT2D eigenvalue weighted by Crippen LogP contribution is -1.79. The molecular weight excluding hydrogens is 200 g/mol.